The highest BCUT2D eigenvalue weighted by Gasteiger charge is 2.36. The van der Waals surface area contributed by atoms with Crippen LogP contribution >= 0.6 is 0 Å². The van der Waals surface area contributed by atoms with Crippen molar-refractivity contribution in [2.24, 2.45) is 0 Å². The van der Waals surface area contributed by atoms with Gasteiger partial charge in [0.2, 0.25) is 11.8 Å². The van der Waals surface area contributed by atoms with Gasteiger partial charge in [-0.1, -0.05) is 5.16 Å². The van der Waals surface area contributed by atoms with E-state index in [1.807, 2.05) is 0 Å². The monoisotopic (exact) mass is 386 g/mol. The minimum atomic E-state index is -0.811. The standard InChI is InChI=1S/C18H18N4O6/c1-8(23)17-20-21-18(27-17)10-4-11(5-10)19-16(26)12-7-15(28-22-12)9-2-3-13(24)14(25)6-9/h2-3,6-8,10-11,23-25H,4-5H2,1H3,(H,19,26)/t8-,10?,11?/m1/s1. The van der Waals surface area contributed by atoms with Gasteiger partial charge in [-0.05, 0) is 38.0 Å². The van der Waals surface area contributed by atoms with Gasteiger partial charge in [-0.25, -0.2) is 0 Å². The first-order valence-corrected chi connectivity index (χ1v) is 8.72. The molecule has 2 heterocycles. The Morgan fingerprint density at radius 1 is 1.21 bits per heavy atom. The van der Waals surface area contributed by atoms with Gasteiger partial charge in [0, 0.05) is 23.6 Å². The number of aliphatic hydroxyl groups is 1. The van der Waals surface area contributed by atoms with Gasteiger partial charge in [-0.15, -0.1) is 10.2 Å². The summed E-state index contributed by atoms with van der Waals surface area (Å²) in [6.45, 7) is 1.55. The summed E-state index contributed by atoms with van der Waals surface area (Å²) < 4.78 is 10.6. The maximum atomic E-state index is 12.3. The van der Waals surface area contributed by atoms with Crippen molar-refractivity contribution in [3.63, 3.8) is 0 Å². The Labute approximate surface area is 158 Å². The Kier molecular flexibility index (Phi) is 4.47. The molecule has 10 nitrogen and oxygen atoms in total. The van der Waals surface area contributed by atoms with Gasteiger partial charge >= 0.3 is 0 Å². The molecule has 0 aliphatic heterocycles. The number of benzene rings is 1. The lowest BCUT2D eigenvalue weighted by molar-refractivity contribution is 0.0892. The molecule has 1 amide bonds. The molecule has 146 valence electrons. The summed E-state index contributed by atoms with van der Waals surface area (Å²) in [5.74, 6) is 0.0520. The Hall–Kier alpha value is -3.40. The molecule has 1 aliphatic rings. The van der Waals surface area contributed by atoms with Crippen LogP contribution in [0.3, 0.4) is 0 Å². The number of phenols is 2. The van der Waals surface area contributed by atoms with E-state index in [4.69, 9.17) is 8.94 Å². The highest BCUT2D eigenvalue weighted by atomic mass is 16.5. The molecule has 1 fully saturated rings. The summed E-state index contributed by atoms with van der Waals surface area (Å²) in [7, 11) is 0. The highest BCUT2D eigenvalue weighted by molar-refractivity contribution is 5.93. The van der Waals surface area contributed by atoms with E-state index in [-0.39, 0.29) is 41.0 Å². The molecule has 1 saturated carbocycles. The number of phenolic OH excluding ortho intramolecular Hbond substituents is 2. The quantitative estimate of drug-likeness (QED) is 0.481. The molecule has 0 saturated heterocycles. The van der Waals surface area contributed by atoms with Crippen molar-refractivity contribution in [1.82, 2.24) is 20.7 Å². The van der Waals surface area contributed by atoms with Crippen molar-refractivity contribution in [2.75, 3.05) is 0 Å². The smallest absolute Gasteiger partial charge is 0.273 e. The Morgan fingerprint density at radius 3 is 2.68 bits per heavy atom. The van der Waals surface area contributed by atoms with Crippen LogP contribution in [0, 0.1) is 0 Å². The number of hydrogen-bond acceptors (Lipinski definition) is 9. The molecule has 1 aromatic carbocycles. The molecule has 0 bridgehead atoms. The lowest BCUT2D eigenvalue weighted by Gasteiger charge is -2.33. The fourth-order valence-corrected chi connectivity index (χ4v) is 2.97. The van der Waals surface area contributed by atoms with E-state index < -0.39 is 6.10 Å². The first-order chi connectivity index (χ1) is 13.4. The molecule has 10 heteroatoms. The van der Waals surface area contributed by atoms with E-state index in [9.17, 15) is 20.1 Å². The minimum absolute atomic E-state index is 0.0399. The van der Waals surface area contributed by atoms with Gasteiger partial charge in [-0.3, -0.25) is 4.79 Å². The summed E-state index contributed by atoms with van der Waals surface area (Å²) in [5.41, 5.74) is 0.594. The average molecular weight is 386 g/mol. The number of carbonyl (C=O) groups excluding carboxylic acids is 1. The topological polar surface area (TPSA) is 155 Å². The molecule has 0 spiro atoms. The van der Waals surface area contributed by atoms with E-state index in [2.05, 4.69) is 20.7 Å². The van der Waals surface area contributed by atoms with Crippen LogP contribution in [-0.4, -0.2) is 42.6 Å². The summed E-state index contributed by atoms with van der Waals surface area (Å²) in [6.07, 6.45) is 0.474. The Balaban J connectivity index is 1.35. The van der Waals surface area contributed by atoms with Crippen LogP contribution in [0.2, 0.25) is 0 Å². The zero-order chi connectivity index (χ0) is 19.8. The highest BCUT2D eigenvalue weighted by Crippen LogP contribution is 2.37. The van der Waals surface area contributed by atoms with Crippen LogP contribution in [0.25, 0.3) is 11.3 Å². The lowest BCUT2D eigenvalue weighted by Crippen LogP contribution is -2.43. The maximum Gasteiger partial charge on any atom is 0.273 e. The third-order valence-corrected chi connectivity index (χ3v) is 4.64. The van der Waals surface area contributed by atoms with Crippen LogP contribution in [-0.2, 0) is 0 Å². The molecule has 1 aliphatic carbocycles. The number of rotatable bonds is 5. The number of nitrogens with one attached hydrogen (secondary N) is 1. The van der Waals surface area contributed by atoms with Crippen LogP contribution in [0.4, 0.5) is 0 Å². The zero-order valence-corrected chi connectivity index (χ0v) is 14.9. The largest absolute Gasteiger partial charge is 0.504 e. The van der Waals surface area contributed by atoms with E-state index in [1.54, 1.807) is 13.0 Å². The van der Waals surface area contributed by atoms with E-state index in [0.29, 0.717) is 30.1 Å². The molecule has 28 heavy (non-hydrogen) atoms. The van der Waals surface area contributed by atoms with Crippen molar-refractivity contribution >= 4 is 5.91 Å². The first-order valence-electron chi connectivity index (χ1n) is 8.72. The van der Waals surface area contributed by atoms with Gasteiger partial charge in [0.15, 0.2) is 23.0 Å². The predicted octanol–water partition coefficient (Wildman–Crippen LogP) is 1.87. The van der Waals surface area contributed by atoms with Crippen LogP contribution in [0.1, 0.15) is 54.1 Å². The van der Waals surface area contributed by atoms with Gasteiger partial charge < -0.3 is 29.6 Å². The molecule has 4 N–H and O–H groups in total. The summed E-state index contributed by atoms with van der Waals surface area (Å²) >= 11 is 0. The third kappa shape index (κ3) is 3.41. The fraction of sp³-hybridized carbons (Fsp3) is 0.333. The fourth-order valence-electron chi connectivity index (χ4n) is 2.97. The van der Waals surface area contributed by atoms with E-state index in [1.165, 1.54) is 18.2 Å². The van der Waals surface area contributed by atoms with Crippen molar-refractivity contribution in [1.29, 1.82) is 0 Å². The van der Waals surface area contributed by atoms with Crippen LogP contribution in [0.15, 0.2) is 33.2 Å². The molecule has 0 unspecified atom stereocenters. The second-order valence-electron chi connectivity index (χ2n) is 6.77. The first kappa shape index (κ1) is 18.0. The van der Waals surface area contributed by atoms with Gasteiger partial charge in [0.1, 0.15) is 6.10 Å². The second-order valence-corrected chi connectivity index (χ2v) is 6.77. The van der Waals surface area contributed by atoms with E-state index in [0.717, 1.165) is 0 Å². The zero-order valence-electron chi connectivity index (χ0n) is 14.9. The molecule has 4 rings (SSSR count). The lowest BCUT2D eigenvalue weighted by atomic mass is 9.80. The second kappa shape index (κ2) is 6.97. The molecular weight excluding hydrogens is 368 g/mol. The van der Waals surface area contributed by atoms with Crippen LogP contribution < -0.4 is 5.32 Å². The number of amides is 1. The maximum absolute atomic E-state index is 12.3. The number of aliphatic hydroxyl groups excluding tert-OH is 1. The number of aromatic hydroxyl groups is 2. The Morgan fingerprint density at radius 2 is 2.00 bits per heavy atom. The van der Waals surface area contributed by atoms with Gasteiger partial charge in [0.25, 0.3) is 5.91 Å². The molecular formula is C18H18N4O6. The normalized spacial score (nSPS) is 19.8. The third-order valence-electron chi connectivity index (χ3n) is 4.64. The number of hydrogen-bond donors (Lipinski definition) is 4. The summed E-state index contributed by atoms with van der Waals surface area (Å²) in [4.78, 5) is 12.3. The molecule has 2 aromatic heterocycles. The van der Waals surface area contributed by atoms with Crippen molar-refractivity contribution < 1.29 is 29.1 Å². The number of carbonyl (C=O) groups is 1. The van der Waals surface area contributed by atoms with Crippen molar-refractivity contribution in [3.05, 3.63) is 41.7 Å². The van der Waals surface area contributed by atoms with Gasteiger partial charge in [0.05, 0.1) is 0 Å². The number of aromatic nitrogens is 3. The number of nitrogens with zero attached hydrogens (tertiary/aromatic N) is 3. The van der Waals surface area contributed by atoms with E-state index >= 15 is 0 Å². The van der Waals surface area contributed by atoms with Crippen molar-refractivity contribution in [2.45, 2.75) is 37.8 Å². The average Bonchev–Trinajstić information content (AvgIpc) is 3.29. The molecule has 0 radical (unpaired) electrons. The predicted molar refractivity (Wildman–Crippen MR) is 93.4 cm³/mol. The van der Waals surface area contributed by atoms with Crippen LogP contribution in [0.5, 0.6) is 11.5 Å². The SMILES string of the molecule is C[C@@H](O)c1nnc(C2CC(NC(=O)c3cc(-c4ccc(O)c(O)c4)on3)C2)o1. The summed E-state index contributed by atoms with van der Waals surface area (Å²) in [6, 6.07) is 5.59. The summed E-state index contributed by atoms with van der Waals surface area (Å²) in [5, 5.41) is 42.7. The minimum Gasteiger partial charge on any atom is -0.504 e. The van der Waals surface area contributed by atoms with Gasteiger partial charge in [-0.2, -0.15) is 0 Å². The van der Waals surface area contributed by atoms with Crippen molar-refractivity contribution in [3.8, 4) is 22.8 Å². The molecule has 3 aromatic rings. The molecule has 1 atom stereocenters. The Bertz CT molecular complexity index is 1010.